The lowest BCUT2D eigenvalue weighted by atomic mass is 9.78. The lowest BCUT2D eigenvalue weighted by Crippen LogP contribution is -2.54. The molecule has 0 saturated carbocycles. The van der Waals surface area contributed by atoms with Crippen molar-refractivity contribution in [1.29, 1.82) is 0 Å². The number of benzene rings is 2. The van der Waals surface area contributed by atoms with E-state index in [0.717, 1.165) is 10.2 Å². The fourth-order valence-corrected chi connectivity index (χ4v) is 3.57. The number of nitrogens with zero attached hydrogens (tertiary/aromatic N) is 3. The number of aromatic nitrogens is 3. The van der Waals surface area contributed by atoms with Gasteiger partial charge < -0.3 is 20.3 Å². The first kappa shape index (κ1) is 17.0. The van der Waals surface area contributed by atoms with Crippen LogP contribution in [0.1, 0.15) is 23.1 Å². The van der Waals surface area contributed by atoms with E-state index >= 15 is 0 Å². The Balaban J connectivity index is 1.92. The number of nitrogens with one attached hydrogen (secondary N) is 1. The molecular weight excluding hydrogens is 348 g/mol. The van der Waals surface area contributed by atoms with Crippen LogP contribution in [-0.4, -0.2) is 38.1 Å². The molecule has 0 spiro atoms. The van der Waals surface area contributed by atoms with Crippen molar-refractivity contribution in [3.8, 4) is 5.75 Å². The number of carboxylic acids is 1. The molecule has 0 unspecified atom stereocenters. The first-order valence-electron chi connectivity index (χ1n) is 8.37. The molecule has 1 aromatic heterocycles. The minimum Gasteiger partial charge on any atom is -0.497 e. The zero-order chi connectivity index (χ0) is 19.0. The minimum atomic E-state index is -2.30. The molecule has 0 bridgehead atoms. The molecule has 0 radical (unpaired) electrons. The molecule has 2 aromatic carbocycles. The highest BCUT2D eigenvalue weighted by molar-refractivity contribution is 5.78. The summed E-state index contributed by atoms with van der Waals surface area (Å²) in [5, 5.41) is 28.5. The van der Waals surface area contributed by atoms with Crippen molar-refractivity contribution in [2.75, 3.05) is 12.4 Å². The van der Waals surface area contributed by atoms with Gasteiger partial charge in [0.15, 0.2) is 0 Å². The van der Waals surface area contributed by atoms with Crippen LogP contribution < -0.4 is 10.1 Å². The fourth-order valence-electron chi connectivity index (χ4n) is 3.57. The molecule has 1 aliphatic heterocycles. The highest BCUT2D eigenvalue weighted by Gasteiger charge is 2.56. The van der Waals surface area contributed by atoms with Gasteiger partial charge in [0.05, 0.1) is 19.1 Å². The summed E-state index contributed by atoms with van der Waals surface area (Å²) in [6, 6.07) is 15.7. The maximum absolute atomic E-state index is 12.2. The molecule has 27 heavy (non-hydrogen) atoms. The summed E-state index contributed by atoms with van der Waals surface area (Å²) in [4.78, 5) is 16.3. The van der Waals surface area contributed by atoms with E-state index in [9.17, 15) is 15.0 Å². The number of carboxylic acid groups (broad SMARTS) is 1. The summed E-state index contributed by atoms with van der Waals surface area (Å²) >= 11 is 0. The number of methoxy groups -OCH3 is 1. The third-order valence-corrected chi connectivity index (χ3v) is 4.87. The lowest BCUT2D eigenvalue weighted by molar-refractivity contribution is -0.179. The van der Waals surface area contributed by atoms with E-state index < -0.39 is 23.7 Å². The van der Waals surface area contributed by atoms with Crippen molar-refractivity contribution in [3.63, 3.8) is 0 Å². The van der Waals surface area contributed by atoms with Crippen molar-refractivity contribution >= 4 is 11.9 Å². The first-order chi connectivity index (χ1) is 13.1. The maximum Gasteiger partial charge on any atom is 0.360 e. The van der Waals surface area contributed by atoms with Crippen LogP contribution in [0.3, 0.4) is 0 Å². The second-order valence-electron chi connectivity index (χ2n) is 6.31. The Morgan fingerprint density at radius 3 is 2.48 bits per heavy atom. The van der Waals surface area contributed by atoms with Gasteiger partial charge in [-0.05, 0) is 23.3 Å². The van der Waals surface area contributed by atoms with Crippen LogP contribution in [0.15, 0.2) is 60.9 Å². The maximum atomic E-state index is 12.2. The highest BCUT2D eigenvalue weighted by atomic mass is 16.5. The second-order valence-corrected chi connectivity index (χ2v) is 6.31. The van der Waals surface area contributed by atoms with Crippen LogP contribution in [0.2, 0.25) is 0 Å². The second kappa shape index (κ2) is 6.40. The number of ether oxygens (including phenoxy) is 1. The van der Waals surface area contributed by atoms with Gasteiger partial charge in [-0.15, -0.1) is 0 Å². The van der Waals surface area contributed by atoms with Gasteiger partial charge in [-0.2, -0.15) is 14.8 Å². The van der Waals surface area contributed by atoms with Gasteiger partial charge in [-0.3, -0.25) is 0 Å². The largest absolute Gasteiger partial charge is 0.497 e. The molecule has 3 aromatic rings. The van der Waals surface area contributed by atoms with Gasteiger partial charge in [-0.25, -0.2) is 4.79 Å². The fraction of sp³-hybridized carbons (Fsp3) is 0.211. The molecule has 3 N–H and O–H groups in total. The van der Waals surface area contributed by atoms with Gasteiger partial charge in [0.1, 0.15) is 12.1 Å². The van der Waals surface area contributed by atoms with E-state index in [1.165, 1.54) is 6.33 Å². The van der Waals surface area contributed by atoms with Crippen molar-refractivity contribution in [3.05, 3.63) is 72.1 Å². The van der Waals surface area contributed by atoms with E-state index in [0.29, 0.717) is 11.3 Å². The number of carbonyl (C=O) groups is 1. The molecule has 0 amide bonds. The smallest absolute Gasteiger partial charge is 0.360 e. The number of fused-ring (bicyclic) bond motifs is 1. The van der Waals surface area contributed by atoms with Gasteiger partial charge in [0, 0.05) is 0 Å². The highest BCUT2D eigenvalue weighted by Crippen LogP contribution is 2.47. The molecule has 0 aliphatic carbocycles. The van der Waals surface area contributed by atoms with Crippen LogP contribution >= 0.6 is 0 Å². The van der Waals surface area contributed by atoms with Gasteiger partial charge in [0.2, 0.25) is 5.95 Å². The summed E-state index contributed by atoms with van der Waals surface area (Å²) in [5.74, 6) is -1.38. The summed E-state index contributed by atoms with van der Waals surface area (Å²) in [7, 11) is 1.58. The number of aliphatic carboxylic acids is 1. The molecule has 8 heteroatoms. The molecular formula is C19H18N4O4. The molecule has 0 saturated heterocycles. The normalized spacial score (nSPS) is 23.9. The summed E-state index contributed by atoms with van der Waals surface area (Å²) in [5.41, 5.74) is -0.848. The van der Waals surface area contributed by atoms with Gasteiger partial charge in [0.25, 0.3) is 5.72 Å². The molecule has 8 nitrogen and oxygen atoms in total. The van der Waals surface area contributed by atoms with Crippen LogP contribution in [0, 0.1) is 0 Å². The Labute approximate surface area is 155 Å². The monoisotopic (exact) mass is 366 g/mol. The Bertz CT molecular complexity index is 957. The number of hydrogen-bond acceptors (Lipinski definition) is 6. The van der Waals surface area contributed by atoms with E-state index in [2.05, 4.69) is 15.4 Å². The standard InChI is InChI=1S/C19H18N4O4/c1-27-14-9-7-13(8-10-14)16-15(12-5-3-2-4-6-12)19(26,17(24)25)23-18(22-16)20-11-21-23/h2-11,15-16,26H,1H3,(H,24,25)(H,20,21,22)/t15-,16+,19+/m1/s1. The predicted octanol–water partition coefficient (Wildman–Crippen LogP) is 1.97. The van der Waals surface area contributed by atoms with Crippen LogP contribution in [0.5, 0.6) is 5.75 Å². The number of aliphatic hydroxyl groups is 1. The Hall–Kier alpha value is -3.39. The summed E-state index contributed by atoms with van der Waals surface area (Å²) in [6.07, 6.45) is 1.22. The molecule has 2 heterocycles. The molecule has 4 rings (SSSR count). The minimum absolute atomic E-state index is 0.188. The Kier molecular flexibility index (Phi) is 4.04. The zero-order valence-electron chi connectivity index (χ0n) is 14.5. The SMILES string of the molecule is COc1ccc([C@@H]2Nc3ncnn3[C@@](O)(C(=O)O)[C@@H]2c2ccccc2)cc1. The van der Waals surface area contributed by atoms with Crippen molar-refractivity contribution in [1.82, 2.24) is 14.8 Å². The van der Waals surface area contributed by atoms with Crippen molar-refractivity contribution in [2.45, 2.75) is 17.7 Å². The van der Waals surface area contributed by atoms with E-state index in [1.54, 1.807) is 43.5 Å². The van der Waals surface area contributed by atoms with Gasteiger partial charge >= 0.3 is 5.97 Å². The van der Waals surface area contributed by atoms with Crippen LogP contribution in [0.4, 0.5) is 5.95 Å². The third-order valence-electron chi connectivity index (χ3n) is 4.87. The summed E-state index contributed by atoms with van der Waals surface area (Å²) < 4.78 is 6.22. The molecule has 1 aliphatic rings. The van der Waals surface area contributed by atoms with Crippen molar-refractivity contribution < 1.29 is 19.7 Å². The quantitative estimate of drug-likeness (QED) is 0.647. The third kappa shape index (κ3) is 2.61. The Morgan fingerprint density at radius 1 is 1.15 bits per heavy atom. The predicted molar refractivity (Wildman–Crippen MR) is 96.4 cm³/mol. The lowest BCUT2D eigenvalue weighted by Gasteiger charge is -2.42. The average molecular weight is 366 g/mol. The number of rotatable bonds is 4. The zero-order valence-corrected chi connectivity index (χ0v) is 14.5. The number of anilines is 1. The average Bonchev–Trinajstić information content (AvgIpc) is 3.18. The van der Waals surface area contributed by atoms with Crippen LogP contribution in [-0.2, 0) is 10.5 Å². The first-order valence-corrected chi connectivity index (χ1v) is 8.37. The Morgan fingerprint density at radius 2 is 1.85 bits per heavy atom. The molecule has 0 fully saturated rings. The van der Waals surface area contributed by atoms with Gasteiger partial charge in [-0.1, -0.05) is 42.5 Å². The molecule has 138 valence electrons. The van der Waals surface area contributed by atoms with E-state index in [-0.39, 0.29) is 5.95 Å². The van der Waals surface area contributed by atoms with Crippen LogP contribution in [0.25, 0.3) is 0 Å². The summed E-state index contributed by atoms with van der Waals surface area (Å²) in [6.45, 7) is 0. The van der Waals surface area contributed by atoms with E-state index in [1.807, 2.05) is 18.2 Å². The van der Waals surface area contributed by atoms with Crippen molar-refractivity contribution in [2.24, 2.45) is 0 Å². The molecule has 3 atom stereocenters. The topological polar surface area (TPSA) is 110 Å². The van der Waals surface area contributed by atoms with E-state index in [4.69, 9.17) is 4.74 Å². The number of hydrogen-bond donors (Lipinski definition) is 3.